The van der Waals surface area contributed by atoms with Gasteiger partial charge in [0.15, 0.2) is 5.82 Å². The van der Waals surface area contributed by atoms with E-state index in [-0.39, 0.29) is 5.41 Å². The molecule has 3 aliphatic rings. The summed E-state index contributed by atoms with van der Waals surface area (Å²) >= 11 is 0. The van der Waals surface area contributed by atoms with Crippen LogP contribution in [0.2, 0.25) is 0 Å². The number of rotatable bonds is 5. The highest BCUT2D eigenvalue weighted by atomic mass is 32.2. The summed E-state index contributed by atoms with van der Waals surface area (Å²) in [6, 6.07) is 6.37. The molecule has 34 heavy (non-hydrogen) atoms. The van der Waals surface area contributed by atoms with Crippen LogP contribution in [-0.2, 0) is 17.4 Å². The minimum absolute atomic E-state index is 0.128. The van der Waals surface area contributed by atoms with Gasteiger partial charge in [0.05, 0.1) is 33.3 Å². The lowest BCUT2D eigenvalue weighted by atomic mass is 9.67. The van der Waals surface area contributed by atoms with E-state index >= 15 is 0 Å². The Morgan fingerprint density at radius 2 is 1.97 bits per heavy atom. The van der Waals surface area contributed by atoms with Crippen molar-refractivity contribution in [2.45, 2.75) is 75.9 Å². The van der Waals surface area contributed by atoms with Gasteiger partial charge < -0.3 is 4.90 Å². The Balaban J connectivity index is 1.31. The third-order valence-corrected chi connectivity index (χ3v) is 9.82. The molecule has 7 nitrogen and oxygen atoms in total. The second kappa shape index (κ2) is 7.85. The summed E-state index contributed by atoms with van der Waals surface area (Å²) in [6.07, 6.45) is 10.2. The molecule has 0 aromatic carbocycles. The third-order valence-electron chi connectivity index (χ3n) is 8.57. The van der Waals surface area contributed by atoms with Gasteiger partial charge in [-0.25, -0.2) is 13.7 Å². The number of hydrogen-bond donors (Lipinski definition) is 1. The average molecular weight is 479 g/mol. The molecular weight excluding hydrogens is 444 g/mol. The Bertz CT molecular complexity index is 1270. The van der Waals surface area contributed by atoms with Crippen molar-refractivity contribution < 1.29 is 4.21 Å². The van der Waals surface area contributed by atoms with Gasteiger partial charge in [0, 0.05) is 30.9 Å². The first kappa shape index (κ1) is 22.2. The van der Waals surface area contributed by atoms with E-state index in [2.05, 4.69) is 33.6 Å². The Labute approximate surface area is 203 Å². The van der Waals surface area contributed by atoms with Crippen molar-refractivity contribution in [3.05, 3.63) is 53.2 Å². The highest BCUT2D eigenvalue weighted by Crippen LogP contribution is 2.56. The van der Waals surface area contributed by atoms with Crippen LogP contribution in [0, 0.1) is 12.3 Å². The van der Waals surface area contributed by atoms with E-state index in [0.717, 1.165) is 55.8 Å². The maximum absolute atomic E-state index is 12.3. The number of piperidine rings is 1. The Hall–Kier alpha value is -2.32. The maximum Gasteiger partial charge on any atom is 0.155 e. The second-order valence-corrected chi connectivity index (χ2v) is 12.9. The SMILES string of the molecule is Cc1nc(N2CCC3(CC2)Cc2ncccc2[C@H]3CC(C)(C)S(N)=O)c2ccnn2c1C1CC1. The molecule has 180 valence electrons. The molecule has 1 spiro atoms. The zero-order valence-electron chi connectivity index (χ0n) is 20.3. The predicted molar refractivity (Wildman–Crippen MR) is 135 cm³/mol. The van der Waals surface area contributed by atoms with E-state index in [1.165, 1.54) is 29.8 Å². The summed E-state index contributed by atoms with van der Waals surface area (Å²) in [5, 5.41) is 10.6. The molecule has 1 saturated carbocycles. The summed E-state index contributed by atoms with van der Waals surface area (Å²) < 4.78 is 14.0. The number of aryl methyl sites for hydroxylation is 1. The van der Waals surface area contributed by atoms with Crippen LogP contribution in [0.4, 0.5) is 5.82 Å². The van der Waals surface area contributed by atoms with Gasteiger partial charge in [-0.1, -0.05) is 6.07 Å². The van der Waals surface area contributed by atoms with E-state index in [1.54, 1.807) is 0 Å². The van der Waals surface area contributed by atoms with Crippen molar-refractivity contribution in [1.82, 2.24) is 19.6 Å². The number of fused-ring (bicyclic) bond motifs is 2. The molecule has 3 aromatic heterocycles. The highest BCUT2D eigenvalue weighted by molar-refractivity contribution is 7.84. The molecule has 2 atom stereocenters. The number of nitrogens with two attached hydrogens (primary N) is 1. The number of pyridine rings is 1. The Kier molecular flexibility index (Phi) is 5.12. The summed E-state index contributed by atoms with van der Waals surface area (Å²) in [6.45, 7) is 8.10. The van der Waals surface area contributed by atoms with Crippen LogP contribution in [0.15, 0.2) is 30.6 Å². The average Bonchev–Trinajstić information content (AvgIpc) is 3.45. The first-order chi connectivity index (χ1) is 16.3. The van der Waals surface area contributed by atoms with Crippen LogP contribution < -0.4 is 10.0 Å². The molecular formula is C26H34N6OS. The minimum atomic E-state index is -1.37. The van der Waals surface area contributed by atoms with Crippen LogP contribution in [0.25, 0.3) is 5.52 Å². The van der Waals surface area contributed by atoms with E-state index in [9.17, 15) is 4.21 Å². The van der Waals surface area contributed by atoms with Gasteiger partial charge in [-0.2, -0.15) is 5.10 Å². The van der Waals surface area contributed by atoms with E-state index in [0.29, 0.717) is 11.8 Å². The minimum Gasteiger partial charge on any atom is -0.355 e. The molecule has 2 aliphatic carbocycles. The van der Waals surface area contributed by atoms with E-state index < -0.39 is 15.7 Å². The number of nitrogens with zero attached hydrogens (tertiary/aromatic N) is 5. The first-order valence-corrected chi connectivity index (χ1v) is 13.7. The van der Waals surface area contributed by atoms with Crippen molar-refractivity contribution in [2.75, 3.05) is 18.0 Å². The molecule has 0 radical (unpaired) electrons. The van der Waals surface area contributed by atoms with Crippen molar-refractivity contribution in [3.63, 3.8) is 0 Å². The lowest BCUT2D eigenvalue weighted by Crippen LogP contribution is -2.45. The number of aromatic nitrogens is 4. The summed E-state index contributed by atoms with van der Waals surface area (Å²) in [7, 11) is -1.37. The molecule has 4 heterocycles. The molecule has 6 rings (SSSR count). The van der Waals surface area contributed by atoms with Crippen molar-refractivity contribution in [1.29, 1.82) is 0 Å². The molecule has 1 unspecified atom stereocenters. The van der Waals surface area contributed by atoms with Gasteiger partial charge in [0.25, 0.3) is 0 Å². The van der Waals surface area contributed by atoms with Gasteiger partial charge in [0.2, 0.25) is 0 Å². The Morgan fingerprint density at radius 3 is 2.68 bits per heavy atom. The number of anilines is 1. The first-order valence-electron chi connectivity index (χ1n) is 12.5. The fourth-order valence-electron chi connectivity index (χ4n) is 6.44. The molecule has 2 fully saturated rings. The second-order valence-electron chi connectivity index (χ2n) is 11.2. The van der Waals surface area contributed by atoms with Crippen LogP contribution >= 0.6 is 0 Å². The molecule has 1 aliphatic heterocycles. The van der Waals surface area contributed by atoms with Gasteiger partial charge in [0.1, 0.15) is 5.52 Å². The van der Waals surface area contributed by atoms with Crippen molar-refractivity contribution in [3.8, 4) is 0 Å². The van der Waals surface area contributed by atoms with Crippen LogP contribution in [0.3, 0.4) is 0 Å². The quantitative estimate of drug-likeness (QED) is 0.598. The van der Waals surface area contributed by atoms with Crippen LogP contribution in [0.1, 0.15) is 80.4 Å². The molecule has 8 heteroatoms. The lowest BCUT2D eigenvalue weighted by molar-refractivity contribution is 0.170. The zero-order valence-corrected chi connectivity index (χ0v) is 21.1. The van der Waals surface area contributed by atoms with Gasteiger partial charge in [-0.05, 0) is 88.3 Å². The summed E-state index contributed by atoms with van der Waals surface area (Å²) in [4.78, 5) is 12.3. The van der Waals surface area contributed by atoms with Crippen molar-refractivity contribution >= 4 is 22.3 Å². The fraction of sp³-hybridized carbons (Fsp3) is 0.577. The standard InChI is InChI=1S/C26H34N6OS/c1-17-23(18-6-7-18)32-22(8-12-29-32)24(30-17)31-13-9-26(10-14-31)16-21-19(5-4-11-28-21)20(26)15-25(2,3)34(27)33/h4-5,8,11-12,18,20H,6-7,9-10,13-16,27H2,1-3H3/t20-,34?/m1/s1. The largest absolute Gasteiger partial charge is 0.355 e. The molecule has 1 saturated heterocycles. The summed E-state index contributed by atoms with van der Waals surface area (Å²) in [5.74, 6) is 1.99. The van der Waals surface area contributed by atoms with E-state index in [4.69, 9.17) is 15.1 Å². The van der Waals surface area contributed by atoms with Gasteiger partial charge in [-0.3, -0.25) is 10.1 Å². The smallest absolute Gasteiger partial charge is 0.155 e. The summed E-state index contributed by atoms with van der Waals surface area (Å²) in [5.41, 5.74) is 6.18. The lowest BCUT2D eigenvalue weighted by Gasteiger charge is -2.45. The zero-order chi connectivity index (χ0) is 23.7. The normalized spacial score (nSPS) is 22.9. The molecule has 0 amide bonds. The number of hydrogen-bond acceptors (Lipinski definition) is 5. The molecule has 0 bridgehead atoms. The Morgan fingerprint density at radius 1 is 1.21 bits per heavy atom. The molecule has 3 aromatic rings. The van der Waals surface area contributed by atoms with Gasteiger partial charge in [-0.15, -0.1) is 0 Å². The van der Waals surface area contributed by atoms with E-state index in [1.807, 2.05) is 32.3 Å². The maximum atomic E-state index is 12.3. The van der Waals surface area contributed by atoms with Crippen LogP contribution in [0.5, 0.6) is 0 Å². The monoisotopic (exact) mass is 478 g/mol. The third kappa shape index (κ3) is 3.49. The highest BCUT2D eigenvalue weighted by Gasteiger charge is 2.50. The van der Waals surface area contributed by atoms with Crippen LogP contribution in [-0.4, -0.2) is 41.6 Å². The van der Waals surface area contributed by atoms with Crippen molar-refractivity contribution in [2.24, 2.45) is 10.6 Å². The predicted octanol–water partition coefficient (Wildman–Crippen LogP) is 4.03. The van der Waals surface area contributed by atoms with Gasteiger partial charge >= 0.3 is 0 Å². The molecule has 2 N–H and O–H groups in total. The topological polar surface area (TPSA) is 89.4 Å². The fourth-order valence-corrected chi connectivity index (χ4v) is 6.77.